The number of hydrogen-bond donors (Lipinski definition) is 1. The van der Waals surface area contributed by atoms with Gasteiger partial charge < -0.3 is 15.1 Å². The zero-order chi connectivity index (χ0) is 22.0. The number of carbonyl (C=O) groups excluding carboxylic acids is 1. The van der Waals surface area contributed by atoms with Crippen LogP contribution in [0.25, 0.3) is 0 Å². The second kappa shape index (κ2) is 9.53. The average Bonchev–Trinajstić information content (AvgIpc) is 3.15. The fourth-order valence-electron chi connectivity index (χ4n) is 4.71. The third kappa shape index (κ3) is 5.01. The van der Waals surface area contributed by atoms with Crippen LogP contribution in [0.15, 0.2) is 30.6 Å². The zero-order valence-corrected chi connectivity index (χ0v) is 19.4. The maximum Gasteiger partial charge on any atom is 0.240 e. The van der Waals surface area contributed by atoms with Gasteiger partial charge in [0.1, 0.15) is 12.1 Å². The third-order valence-electron chi connectivity index (χ3n) is 6.33. The molecule has 0 radical (unpaired) electrons. The van der Waals surface area contributed by atoms with E-state index in [4.69, 9.17) is 11.6 Å². The number of aromatic nitrogens is 2. The minimum absolute atomic E-state index is 0.171. The van der Waals surface area contributed by atoms with Crippen molar-refractivity contribution in [1.82, 2.24) is 20.2 Å². The van der Waals surface area contributed by atoms with Crippen molar-refractivity contribution in [2.45, 2.75) is 58.0 Å². The van der Waals surface area contributed by atoms with Gasteiger partial charge in [0.15, 0.2) is 0 Å². The Morgan fingerprint density at radius 2 is 1.87 bits per heavy atom. The van der Waals surface area contributed by atoms with Crippen LogP contribution in [-0.4, -0.2) is 59.0 Å². The number of fused-ring (bicyclic) bond motifs is 1. The van der Waals surface area contributed by atoms with E-state index in [1.165, 1.54) is 11.3 Å². The molecule has 0 spiro atoms. The SMILES string of the molecule is CC(C)N[C@H](Cc1ccc(Cl)cc1)C(=O)N1CCN(c2ncnc3c2[C@H](C)CC3)CC1. The summed E-state index contributed by atoms with van der Waals surface area (Å²) in [6, 6.07) is 7.75. The van der Waals surface area contributed by atoms with Crippen LogP contribution < -0.4 is 10.2 Å². The van der Waals surface area contributed by atoms with Crippen molar-refractivity contribution < 1.29 is 4.79 Å². The second-order valence-electron chi connectivity index (χ2n) is 9.01. The summed E-state index contributed by atoms with van der Waals surface area (Å²) in [5, 5.41) is 4.18. The molecule has 4 rings (SSSR count). The summed E-state index contributed by atoms with van der Waals surface area (Å²) < 4.78 is 0. The molecule has 166 valence electrons. The summed E-state index contributed by atoms with van der Waals surface area (Å²) in [6.07, 6.45) is 4.54. The quantitative estimate of drug-likeness (QED) is 0.744. The van der Waals surface area contributed by atoms with E-state index < -0.39 is 0 Å². The van der Waals surface area contributed by atoms with Crippen molar-refractivity contribution in [3.8, 4) is 0 Å². The van der Waals surface area contributed by atoms with E-state index in [1.807, 2.05) is 29.2 Å². The number of carbonyl (C=O) groups is 1. The van der Waals surface area contributed by atoms with E-state index in [-0.39, 0.29) is 18.0 Å². The highest BCUT2D eigenvalue weighted by atomic mass is 35.5. The zero-order valence-electron chi connectivity index (χ0n) is 18.6. The van der Waals surface area contributed by atoms with Crippen molar-refractivity contribution >= 4 is 23.3 Å². The van der Waals surface area contributed by atoms with Crippen molar-refractivity contribution in [3.63, 3.8) is 0 Å². The summed E-state index contributed by atoms with van der Waals surface area (Å²) in [5.41, 5.74) is 3.62. The number of rotatable bonds is 6. The Balaban J connectivity index is 1.42. The van der Waals surface area contributed by atoms with Crippen LogP contribution in [0.2, 0.25) is 5.02 Å². The minimum atomic E-state index is -0.240. The first-order chi connectivity index (χ1) is 14.9. The van der Waals surface area contributed by atoms with E-state index in [0.717, 1.165) is 37.3 Å². The van der Waals surface area contributed by atoms with Crippen LogP contribution in [0, 0.1) is 0 Å². The smallest absolute Gasteiger partial charge is 0.240 e. The first-order valence-corrected chi connectivity index (χ1v) is 11.7. The fraction of sp³-hybridized carbons (Fsp3) is 0.542. The van der Waals surface area contributed by atoms with E-state index in [1.54, 1.807) is 6.33 Å². The first kappa shape index (κ1) is 22.0. The number of piperazine rings is 1. The van der Waals surface area contributed by atoms with E-state index in [0.29, 0.717) is 30.5 Å². The Hall–Kier alpha value is -2.18. The maximum absolute atomic E-state index is 13.4. The topological polar surface area (TPSA) is 61.4 Å². The average molecular weight is 442 g/mol. The Bertz CT molecular complexity index is 909. The summed E-state index contributed by atoms with van der Waals surface area (Å²) in [7, 11) is 0. The van der Waals surface area contributed by atoms with Crippen LogP contribution >= 0.6 is 11.6 Å². The molecule has 1 aromatic heterocycles. The molecular weight excluding hydrogens is 410 g/mol. The highest BCUT2D eigenvalue weighted by molar-refractivity contribution is 6.30. The predicted molar refractivity (Wildman–Crippen MR) is 125 cm³/mol. The summed E-state index contributed by atoms with van der Waals surface area (Å²) in [6.45, 7) is 9.45. The molecule has 1 fully saturated rings. The molecule has 2 heterocycles. The molecule has 6 nitrogen and oxygen atoms in total. The lowest BCUT2D eigenvalue weighted by molar-refractivity contribution is -0.134. The Labute approximate surface area is 190 Å². The van der Waals surface area contributed by atoms with Crippen LogP contribution in [0.4, 0.5) is 5.82 Å². The molecule has 0 bridgehead atoms. The van der Waals surface area contributed by atoms with E-state index in [9.17, 15) is 4.79 Å². The van der Waals surface area contributed by atoms with Crippen molar-refractivity contribution in [1.29, 1.82) is 0 Å². The van der Waals surface area contributed by atoms with Gasteiger partial charge in [-0.1, -0.05) is 44.5 Å². The molecule has 2 aromatic rings. The highest BCUT2D eigenvalue weighted by Gasteiger charge is 2.31. The Morgan fingerprint density at radius 3 is 2.55 bits per heavy atom. The fourth-order valence-corrected chi connectivity index (χ4v) is 4.84. The van der Waals surface area contributed by atoms with Crippen molar-refractivity contribution in [3.05, 3.63) is 52.4 Å². The van der Waals surface area contributed by atoms with Crippen LogP contribution in [0.5, 0.6) is 0 Å². The largest absolute Gasteiger partial charge is 0.353 e. The van der Waals surface area contributed by atoms with Crippen LogP contribution in [0.1, 0.15) is 49.9 Å². The van der Waals surface area contributed by atoms with Gasteiger partial charge in [0.2, 0.25) is 5.91 Å². The highest BCUT2D eigenvalue weighted by Crippen LogP contribution is 2.37. The van der Waals surface area contributed by atoms with Crippen molar-refractivity contribution in [2.75, 3.05) is 31.1 Å². The molecule has 1 saturated heterocycles. The predicted octanol–water partition coefficient (Wildman–Crippen LogP) is 3.44. The van der Waals surface area contributed by atoms with Gasteiger partial charge in [-0.25, -0.2) is 9.97 Å². The number of amides is 1. The molecule has 0 saturated carbocycles. The van der Waals surface area contributed by atoms with Gasteiger partial charge in [-0.3, -0.25) is 4.79 Å². The van der Waals surface area contributed by atoms with Crippen LogP contribution in [0.3, 0.4) is 0 Å². The van der Waals surface area contributed by atoms with Crippen LogP contribution in [-0.2, 0) is 17.6 Å². The molecule has 7 heteroatoms. The van der Waals surface area contributed by atoms with Gasteiger partial charge in [-0.05, 0) is 42.9 Å². The van der Waals surface area contributed by atoms with Gasteiger partial charge in [-0.2, -0.15) is 0 Å². The van der Waals surface area contributed by atoms with Crippen molar-refractivity contribution in [2.24, 2.45) is 0 Å². The van der Waals surface area contributed by atoms with E-state index in [2.05, 4.69) is 41.0 Å². The first-order valence-electron chi connectivity index (χ1n) is 11.3. The lowest BCUT2D eigenvalue weighted by Gasteiger charge is -2.38. The number of aryl methyl sites for hydroxylation is 1. The molecule has 2 aliphatic rings. The number of hydrogen-bond acceptors (Lipinski definition) is 5. The molecule has 1 aliphatic heterocycles. The normalized spacial score (nSPS) is 19.6. The van der Waals surface area contributed by atoms with Gasteiger partial charge >= 0.3 is 0 Å². The van der Waals surface area contributed by atoms with E-state index >= 15 is 0 Å². The number of benzene rings is 1. The number of anilines is 1. The van der Waals surface area contributed by atoms with Gasteiger partial charge in [0.05, 0.1) is 6.04 Å². The molecule has 1 aromatic carbocycles. The molecule has 1 N–H and O–H groups in total. The van der Waals surface area contributed by atoms with Gasteiger partial charge in [0.25, 0.3) is 0 Å². The molecule has 0 unspecified atom stereocenters. The molecule has 1 amide bonds. The second-order valence-corrected chi connectivity index (χ2v) is 9.45. The summed E-state index contributed by atoms with van der Waals surface area (Å²) >= 11 is 6.02. The molecule has 31 heavy (non-hydrogen) atoms. The number of nitrogens with one attached hydrogen (secondary N) is 1. The summed E-state index contributed by atoms with van der Waals surface area (Å²) in [5.74, 6) is 1.74. The Kier molecular flexibility index (Phi) is 6.77. The standard InChI is InChI=1S/C24H32ClN5O/c1-16(2)28-21(14-18-5-7-19(25)8-6-18)24(31)30-12-10-29(11-13-30)23-22-17(3)4-9-20(22)26-15-27-23/h5-8,15-17,21,28H,4,9-14H2,1-3H3/t17-,21-/m1/s1. The third-order valence-corrected chi connectivity index (χ3v) is 6.58. The number of halogens is 1. The molecule has 2 atom stereocenters. The summed E-state index contributed by atoms with van der Waals surface area (Å²) in [4.78, 5) is 26.8. The molecule has 1 aliphatic carbocycles. The minimum Gasteiger partial charge on any atom is -0.353 e. The monoisotopic (exact) mass is 441 g/mol. The van der Waals surface area contributed by atoms with Gasteiger partial charge in [0, 0.05) is 48.5 Å². The maximum atomic E-state index is 13.4. The van der Waals surface area contributed by atoms with Gasteiger partial charge in [-0.15, -0.1) is 0 Å². The lowest BCUT2D eigenvalue weighted by Crippen LogP contribution is -2.56. The number of nitrogens with zero attached hydrogens (tertiary/aromatic N) is 4. The molecular formula is C24H32ClN5O. The lowest BCUT2D eigenvalue weighted by atomic mass is 10.0. The Morgan fingerprint density at radius 1 is 1.16 bits per heavy atom.